The molecule has 3 aromatic carbocycles. The van der Waals surface area contributed by atoms with Crippen molar-refractivity contribution in [1.29, 1.82) is 0 Å². The van der Waals surface area contributed by atoms with Crippen LogP contribution in [0.25, 0.3) is 10.8 Å². The third kappa shape index (κ3) is 4.15. The smallest absolute Gasteiger partial charge is 0.311 e. The van der Waals surface area contributed by atoms with E-state index in [1.807, 2.05) is 42.5 Å². The van der Waals surface area contributed by atoms with Gasteiger partial charge in [0.15, 0.2) is 12.4 Å². The predicted octanol–water partition coefficient (Wildman–Crippen LogP) is 4.27. The lowest BCUT2D eigenvalue weighted by Gasteiger charge is -2.17. The van der Waals surface area contributed by atoms with E-state index in [9.17, 15) is 14.4 Å². The number of ether oxygens (including phenoxy) is 1. The fourth-order valence-corrected chi connectivity index (χ4v) is 3.56. The van der Waals surface area contributed by atoms with E-state index in [0.717, 1.165) is 16.5 Å². The largest absolute Gasteiger partial charge is 0.457 e. The van der Waals surface area contributed by atoms with Crippen molar-refractivity contribution in [1.82, 2.24) is 0 Å². The minimum Gasteiger partial charge on any atom is -0.457 e. The summed E-state index contributed by atoms with van der Waals surface area (Å²) < 4.78 is 5.17. The number of rotatable bonds is 5. The summed E-state index contributed by atoms with van der Waals surface area (Å²) in [4.78, 5) is 38.6. The molecule has 1 atom stereocenters. The van der Waals surface area contributed by atoms with Crippen molar-refractivity contribution in [2.75, 3.05) is 18.1 Å². The molecule has 0 saturated carbocycles. The molecule has 0 aliphatic carbocycles. The first-order valence-corrected chi connectivity index (χ1v) is 9.63. The van der Waals surface area contributed by atoms with E-state index in [2.05, 4.69) is 0 Å². The van der Waals surface area contributed by atoms with E-state index in [1.54, 1.807) is 29.2 Å². The second kappa shape index (κ2) is 8.05. The van der Waals surface area contributed by atoms with Gasteiger partial charge in [-0.25, -0.2) is 0 Å². The molecule has 3 aromatic rings. The lowest BCUT2D eigenvalue weighted by Crippen LogP contribution is -2.27. The van der Waals surface area contributed by atoms with Crippen LogP contribution in [0.4, 0.5) is 5.69 Å². The first-order chi connectivity index (χ1) is 14.0. The molecule has 1 saturated heterocycles. The van der Waals surface area contributed by atoms with Gasteiger partial charge in [0.05, 0.1) is 5.92 Å². The van der Waals surface area contributed by atoms with E-state index in [-0.39, 0.29) is 31.3 Å². The number of nitrogens with zero attached hydrogens (tertiary/aromatic N) is 1. The molecule has 0 radical (unpaired) electrons. The Hall–Kier alpha value is -3.18. The normalized spacial score (nSPS) is 16.2. The number of benzene rings is 3. The highest BCUT2D eigenvalue weighted by Gasteiger charge is 2.36. The molecule has 1 fully saturated rings. The molecule has 4 rings (SSSR count). The third-order valence-electron chi connectivity index (χ3n) is 5.01. The van der Waals surface area contributed by atoms with E-state index >= 15 is 0 Å². The van der Waals surface area contributed by atoms with E-state index < -0.39 is 11.9 Å². The number of ketones is 1. The summed E-state index contributed by atoms with van der Waals surface area (Å²) >= 11 is 5.81. The fourth-order valence-electron chi connectivity index (χ4n) is 3.43. The Labute approximate surface area is 172 Å². The second-order valence-corrected chi connectivity index (χ2v) is 7.41. The molecule has 1 aliphatic heterocycles. The first-order valence-electron chi connectivity index (χ1n) is 9.26. The van der Waals surface area contributed by atoms with Gasteiger partial charge in [-0.05, 0) is 47.2 Å². The van der Waals surface area contributed by atoms with Crippen LogP contribution < -0.4 is 4.90 Å². The summed E-state index contributed by atoms with van der Waals surface area (Å²) in [6, 6.07) is 20.0. The highest BCUT2D eigenvalue weighted by molar-refractivity contribution is 6.30. The number of amides is 1. The van der Waals surface area contributed by atoms with Gasteiger partial charge in [-0.2, -0.15) is 0 Å². The second-order valence-electron chi connectivity index (χ2n) is 6.97. The van der Waals surface area contributed by atoms with Crippen LogP contribution in [0.2, 0.25) is 5.02 Å². The molecular weight excluding hydrogens is 390 g/mol. The van der Waals surface area contributed by atoms with Gasteiger partial charge in [-0.15, -0.1) is 0 Å². The summed E-state index contributed by atoms with van der Waals surface area (Å²) in [6.45, 7) is -0.119. The number of esters is 1. The van der Waals surface area contributed by atoms with Crippen LogP contribution in [-0.2, 0) is 14.3 Å². The molecular formula is C23H18ClNO4. The predicted molar refractivity (Wildman–Crippen MR) is 111 cm³/mol. The maximum Gasteiger partial charge on any atom is 0.311 e. The lowest BCUT2D eigenvalue weighted by atomic mass is 10.1. The Morgan fingerprint density at radius 1 is 1.00 bits per heavy atom. The standard InChI is InChI=1S/C23H18ClNO4/c24-19-8-5-16(6-9-19)21(26)14-29-23(28)18-12-22(27)25(13-18)20-10-7-15-3-1-2-4-17(15)11-20/h1-11,18H,12-14H2/t18-/m1/s1. The molecule has 0 N–H and O–H groups in total. The highest BCUT2D eigenvalue weighted by atomic mass is 35.5. The minimum absolute atomic E-state index is 0.0702. The highest BCUT2D eigenvalue weighted by Crippen LogP contribution is 2.28. The van der Waals surface area contributed by atoms with Crippen LogP contribution in [0.15, 0.2) is 66.7 Å². The molecule has 0 bridgehead atoms. The maximum absolute atomic E-state index is 12.5. The van der Waals surface area contributed by atoms with Crippen LogP contribution in [0.5, 0.6) is 0 Å². The maximum atomic E-state index is 12.5. The van der Waals surface area contributed by atoms with Crippen molar-refractivity contribution >= 4 is 45.7 Å². The number of carbonyl (C=O) groups is 3. The van der Waals surface area contributed by atoms with Gasteiger partial charge in [0.25, 0.3) is 0 Å². The quantitative estimate of drug-likeness (QED) is 0.468. The molecule has 0 unspecified atom stereocenters. The van der Waals surface area contributed by atoms with Crippen molar-refractivity contribution in [2.45, 2.75) is 6.42 Å². The summed E-state index contributed by atoms with van der Waals surface area (Å²) in [5, 5.41) is 2.63. The van der Waals surface area contributed by atoms with E-state index in [0.29, 0.717) is 10.6 Å². The molecule has 5 nitrogen and oxygen atoms in total. The van der Waals surface area contributed by atoms with Gasteiger partial charge in [0.1, 0.15) is 0 Å². The van der Waals surface area contributed by atoms with Gasteiger partial charge in [0.2, 0.25) is 5.91 Å². The third-order valence-corrected chi connectivity index (χ3v) is 5.27. The number of hydrogen-bond acceptors (Lipinski definition) is 4. The van der Waals surface area contributed by atoms with Crippen LogP contribution in [0.1, 0.15) is 16.8 Å². The zero-order chi connectivity index (χ0) is 20.4. The average Bonchev–Trinajstić information content (AvgIpc) is 3.13. The Bertz CT molecular complexity index is 1090. The Morgan fingerprint density at radius 2 is 1.72 bits per heavy atom. The van der Waals surface area contributed by atoms with Crippen molar-refractivity contribution in [2.24, 2.45) is 5.92 Å². The van der Waals surface area contributed by atoms with Crippen molar-refractivity contribution in [3.05, 3.63) is 77.3 Å². The summed E-state index contributed by atoms with van der Waals surface area (Å²) in [6.07, 6.45) is 0.0702. The van der Waals surface area contributed by atoms with Crippen molar-refractivity contribution in [3.8, 4) is 0 Å². The number of anilines is 1. The Morgan fingerprint density at radius 3 is 2.48 bits per heavy atom. The zero-order valence-electron chi connectivity index (χ0n) is 15.5. The number of Topliss-reactive ketones (excluding diaryl/α,β-unsaturated/α-hetero) is 1. The summed E-state index contributed by atoms with van der Waals surface area (Å²) in [5.74, 6) is -1.58. The molecule has 1 aliphatic rings. The van der Waals surface area contributed by atoms with E-state index in [4.69, 9.17) is 16.3 Å². The molecule has 146 valence electrons. The van der Waals surface area contributed by atoms with Crippen molar-refractivity contribution < 1.29 is 19.1 Å². The van der Waals surface area contributed by atoms with Gasteiger partial charge in [0, 0.05) is 29.2 Å². The van der Waals surface area contributed by atoms with Crippen LogP contribution in [0, 0.1) is 5.92 Å². The zero-order valence-corrected chi connectivity index (χ0v) is 16.3. The monoisotopic (exact) mass is 407 g/mol. The molecule has 0 aromatic heterocycles. The lowest BCUT2D eigenvalue weighted by molar-refractivity contribution is -0.147. The molecule has 1 heterocycles. The van der Waals surface area contributed by atoms with Gasteiger partial charge in [-0.3, -0.25) is 14.4 Å². The SMILES string of the molecule is O=C(COC(=O)[C@@H]1CC(=O)N(c2ccc3ccccc3c2)C1)c1ccc(Cl)cc1. The van der Waals surface area contributed by atoms with Gasteiger partial charge < -0.3 is 9.64 Å². The Balaban J connectivity index is 1.39. The average molecular weight is 408 g/mol. The van der Waals surface area contributed by atoms with Gasteiger partial charge in [-0.1, -0.05) is 41.9 Å². The molecule has 29 heavy (non-hydrogen) atoms. The fraction of sp³-hybridized carbons (Fsp3) is 0.174. The molecule has 1 amide bonds. The van der Waals surface area contributed by atoms with Crippen LogP contribution in [-0.4, -0.2) is 30.8 Å². The summed E-state index contributed by atoms with van der Waals surface area (Å²) in [7, 11) is 0. The minimum atomic E-state index is -0.591. The molecule has 6 heteroatoms. The summed E-state index contributed by atoms with van der Waals surface area (Å²) in [5.41, 5.74) is 1.17. The first kappa shape index (κ1) is 19.2. The Kier molecular flexibility index (Phi) is 5.32. The van der Waals surface area contributed by atoms with Crippen LogP contribution >= 0.6 is 11.6 Å². The van der Waals surface area contributed by atoms with E-state index in [1.165, 1.54) is 0 Å². The molecule has 0 spiro atoms. The van der Waals surface area contributed by atoms with Crippen molar-refractivity contribution in [3.63, 3.8) is 0 Å². The van der Waals surface area contributed by atoms with Gasteiger partial charge >= 0.3 is 5.97 Å². The topological polar surface area (TPSA) is 63.7 Å². The number of fused-ring (bicyclic) bond motifs is 1. The number of halogens is 1. The number of hydrogen-bond donors (Lipinski definition) is 0. The number of carbonyl (C=O) groups excluding carboxylic acids is 3. The van der Waals surface area contributed by atoms with Crippen LogP contribution in [0.3, 0.4) is 0 Å².